The maximum atomic E-state index is 9.68. The van der Waals surface area contributed by atoms with Gasteiger partial charge in [-0.05, 0) is 76.9 Å². The first-order valence-electron chi connectivity index (χ1n) is 8.63. The first-order valence-corrected chi connectivity index (χ1v) is 8.63. The third kappa shape index (κ3) is 5.01. The molecule has 2 rings (SSSR count). The van der Waals surface area contributed by atoms with E-state index in [0.29, 0.717) is 6.04 Å². The van der Waals surface area contributed by atoms with E-state index >= 15 is 0 Å². The van der Waals surface area contributed by atoms with Crippen molar-refractivity contribution >= 4 is 0 Å². The molecule has 20 heavy (non-hydrogen) atoms. The average molecular weight is 282 g/mol. The van der Waals surface area contributed by atoms with Gasteiger partial charge in [0.05, 0.1) is 6.61 Å². The van der Waals surface area contributed by atoms with Gasteiger partial charge in [-0.2, -0.15) is 0 Å². The lowest BCUT2D eigenvalue weighted by Gasteiger charge is -2.32. The fourth-order valence-electron chi connectivity index (χ4n) is 3.39. The highest BCUT2D eigenvalue weighted by Gasteiger charge is 2.32. The molecule has 0 aromatic rings. The third-order valence-electron chi connectivity index (χ3n) is 5.27. The van der Waals surface area contributed by atoms with Crippen LogP contribution in [0.4, 0.5) is 0 Å². The minimum absolute atomic E-state index is 0.0785. The Hall–Kier alpha value is -0.120. The van der Waals surface area contributed by atoms with Gasteiger partial charge in [-0.25, -0.2) is 0 Å². The SMILES string of the molecule is CC(C)C1CCCN(CCC(C)(CO)NC2CC2)CC1. The highest BCUT2D eigenvalue weighted by Crippen LogP contribution is 2.26. The molecule has 2 fully saturated rings. The smallest absolute Gasteiger partial charge is 0.0611 e. The fraction of sp³-hybridized carbons (Fsp3) is 1.00. The van der Waals surface area contributed by atoms with Crippen molar-refractivity contribution in [1.29, 1.82) is 0 Å². The Balaban J connectivity index is 1.74. The van der Waals surface area contributed by atoms with Gasteiger partial charge < -0.3 is 15.3 Å². The quantitative estimate of drug-likeness (QED) is 0.753. The number of hydrogen-bond acceptors (Lipinski definition) is 3. The predicted molar refractivity (Wildman–Crippen MR) is 84.9 cm³/mol. The van der Waals surface area contributed by atoms with Crippen LogP contribution in [0.1, 0.15) is 59.3 Å². The van der Waals surface area contributed by atoms with E-state index in [1.807, 2.05) is 0 Å². The summed E-state index contributed by atoms with van der Waals surface area (Å²) in [6.07, 6.45) is 7.72. The number of hydrogen-bond donors (Lipinski definition) is 2. The third-order valence-corrected chi connectivity index (χ3v) is 5.27. The van der Waals surface area contributed by atoms with E-state index < -0.39 is 0 Å². The number of rotatable bonds is 7. The minimum Gasteiger partial charge on any atom is -0.394 e. The summed E-state index contributed by atoms with van der Waals surface area (Å²) in [5.41, 5.74) is -0.0785. The second-order valence-corrected chi connectivity index (χ2v) is 7.66. The van der Waals surface area contributed by atoms with Crippen molar-refractivity contribution in [3.05, 3.63) is 0 Å². The lowest BCUT2D eigenvalue weighted by Crippen LogP contribution is -2.49. The molecule has 0 radical (unpaired) electrons. The van der Waals surface area contributed by atoms with Crippen LogP contribution in [0.15, 0.2) is 0 Å². The number of aliphatic hydroxyl groups is 1. The largest absolute Gasteiger partial charge is 0.394 e. The number of nitrogens with zero attached hydrogens (tertiary/aromatic N) is 1. The van der Waals surface area contributed by atoms with Gasteiger partial charge >= 0.3 is 0 Å². The topological polar surface area (TPSA) is 35.5 Å². The summed E-state index contributed by atoms with van der Waals surface area (Å²) in [4.78, 5) is 2.62. The van der Waals surface area contributed by atoms with E-state index in [0.717, 1.165) is 24.8 Å². The van der Waals surface area contributed by atoms with Crippen molar-refractivity contribution in [2.24, 2.45) is 11.8 Å². The fourth-order valence-corrected chi connectivity index (χ4v) is 3.39. The Bertz CT molecular complexity index is 291. The molecule has 2 unspecified atom stereocenters. The Morgan fingerprint density at radius 1 is 1.20 bits per heavy atom. The van der Waals surface area contributed by atoms with Crippen LogP contribution >= 0.6 is 0 Å². The normalized spacial score (nSPS) is 28.4. The first-order chi connectivity index (χ1) is 9.52. The maximum Gasteiger partial charge on any atom is 0.0611 e. The molecule has 1 saturated carbocycles. The van der Waals surface area contributed by atoms with Crippen molar-refractivity contribution in [2.75, 3.05) is 26.2 Å². The van der Waals surface area contributed by atoms with Gasteiger partial charge in [0.2, 0.25) is 0 Å². The molecule has 2 N–H and O–H groups in total. The predicted octanol–water partition coefficient (Wildman–Crippen LogP) is 2.64. The van der Waals surface area contributed by atoms with Gasteiger partial charge in [-0.3, -0.25) is 0 Å². The van der Waals surface area contributed by atoms with Crippen molar-refractivity contribution in [3.63, 3.8) is 0 Å². The number of aliphatic hydroxyl groups excluding tert-OH is 1. The molecule has 3 heteroatoms. The standard InChI is InChI=1S/C17H34N2O/c1-14(2)15-5-4-10-19(11-8-15)12-9-17(3,13-20)18-16-6-7-16/h14-16,18,20H,4-13H2,1-3H3. The lowest BCUT2D eigenvalue weighted by molar-refractivity contribution is 0.143. The molecule has 0 spiro atoms. The second kappa shape index (κ2) is 7.24. The molecule has 0 aromatic heterocycles. The van der Waals surface area contributed by atoms with Crippen molar-refractivity contribution in [2.45, 2.75) is 70.9 Å². The maximum absolute atomic E-state index is 9.68. The van der Waals surface area contributed by atoms with Crippen LogP contribution in [0, 0.1) is 11.8 Å². The Kier molecular flexibility index (Phi) is 5.88. The zero-order valence-corrected chi connectivity index (χ0v) is 13.7. The van der Waals surface area contributed by atoms with Crippen LogP contribution in [0.2, 0.25) is 0 Å². The molecule has 2 atom stereocenters. The second-order valence-electron chi connectivity index (χ2n) is 7.66. The van der Waals surface area contributed by atoms with Crippen LogP contribution in [0.5, 0.6) is 0 Å². The molecular formula is C17H34N2O. The van der Waals surface area contributed by atoms with E-state index in [9.17, 15) is 5.11 Å². The van der Waals surface area contributed by atoms with E-state index in [1.54, 1.807) is 0 Å². The zero-order chi connectivity index (χ0) is 14.6. The van der Waals surface area contributed by atoms with Gasteiger partial charge in [0.25, 0.3) is 0 Å². The van der Waals surface area contributed by atoms with E-state index in [2.05, 4.69) is 31.0 Å². The molecular weight excluding hydrogens is 248 g/mol. The van der Waals surface area contributed by atoms with Crippen molar-refractivity contribution in [1.82, 2.24) is 10.2 Å². The van der Waals surface area contributed by atoms with Crippen molar-refractivity contribution in [3.8, 4) is 0 Å². The van der Waals surface area contributed by atoms with Crippen LogP contribution in [0.25, 0.3) is 0 Å². The van der Waals surface area contributed by atoms with Gasteiger partial charge in [0.1, 0.15) is 0 Å². The highest BCUT2D eigenvalue weighted by molar-refractivity contribution is 4.92. The van der Waals surface area contributed by atoms with Gasteiger partial charge in [0.15, 0.2) is 0 Å². The van der Waals surface area contributed by atoms with Gasteiger partial charge in [-0.1, -0.05) is 13.8 Å². The summed E-state index contributed by atoms with van der Waals surface area (Å²) < 4.78 is 0. The molecule has 0 aromatic carbocycles. The Morgan fingerprint density at radius 3 is 2.55 bits per heavy atom. The summed E-state index contributed by atoms with van der Waals surface area (Å²) in [5, 5.41) is 13.3. The summed E-state index contributed by atoms with van der Waals surface area (Å²) in [6.45, 7) is 10.8. The van der Waals surface area contributed by atoms with E-state index in [4.69, 9.17) is 0 Å². The Morgan fingerprint density at radius 2 is 1.95 bits per heavy atom. The molecule has 1 aliphatic heterocycles. The van der Waals surface area contributed by atoms with Crippen LogP contribution in [-0.2, 0) is 0 Å². The molecule has 1 saturated heterocycles. The summed E-state index contributed by atoms with van der Waals surface area (Å²) >= 11 is 0. The molecule has 1 aliphatic carbocycles. The monoisotopic (exact) mass is 282 g/mol. The summed E-state index contributed by atoms with van der Waals surface area (Å²) in [5.74, 6) is 1.74. The van der Waals surface area contributed by atoms with Gasteiger partial charge in [-0.15, -0.1) is 0 Å². The highest BCUT2D eigenvalue weighted by atomic mass is 16.3. The summed E-state index contributed by atoms with van der Waals surface area (Å²) in [6, 6.07) is 0.668. The van der Waals surface area contributed by atoms with Crippen molar-refractivity contribution < 1.29 is 5.11 Å². The van der Waals surface area contributed by atoms with E-state index in [1.165, 1.54) is 45.2 Å². The van der Waals surface area contributed by atoms with E-state index in [-0.39, 0.29) is 12.1 Å². The molecule has 118 valence electrons. The molecule has 0 bridgehead atoms. The number of likely N-dealkylation sites (tertiary alicyclic amines) is 1. The van der Waals surface area contributed by atoms with Crippen LogP contribution in [0.3, 0.4) is 0 Å². The molecule has 3 nitrogen and oxygen atoms in total. The Labute approximate surface area is 125 Å². The lowest BCUT2D eigenvalue weighted by atomic mass is 9.89. The van der Waals surface area contributed by atoms with Crippen LogP contribution in [-0.4, -0.2) is 47.8 Å². The summed E-state index contributed by atoms with van der Waals surface area (Å²) in [7, 11) is 0. The zero-order valence-electron chi connectivity index (χ0n) is 13.7. The van der Waals surface area contributed by atoms with Crippen LogP contribution < -0.4 is 5.32 Å². The molecule has 2 aliphatic rings. The first kappa shape index (κ1) is 16.3. The minimum atomic E-state index is -0.0785. The average Bonchev–Trinajstić information content (AvgIpc) is 3.22. The molecule has 0 amide bonds. The molecule has 1 heterocycles. The van der Waals surface area contributed by atoms with Gasteiger partial charge in [0, 0.05) is 11.6 Å². The number of nitrogens with one attached hydrogen (secondary N) is 1.